The fourth-order valence-corrected chi connectivity index (χ4v) is 3.41. The van der Waals surface area contributed by atoms with Gasteiger partial charge in [0.15, 0.2) is 8.32 Å². The molecule has 3 heteroatoms. The molecule has 1 aliphatic carbocycles. The standard InChI is InChI=1S/C17H32O2Si/c1-14-11-12-16(18)15(14)10-8-7-9-13-19-20(5,6)17(2,3)4/h8,10,14-15H,7,9,11-13H2,1-6H3/b10-8+. The number of hydrogen-bond donors (Lipinski definition) is 0. The molecule has 1 aliphatic rings. The SMILES string of the molecule is CC1CCC(=O)C1/C=C/CCCO[Si](C)(C)C(C)(C)C. The highest BCUT2D eigenvalue weighted by Crippen LogP contribution is 2.36. The first-order chi connectivity index (χ1) is 9.15. The summed E-state index contributed by atoms with van der Waals surface area (Å²) in [7, 11) is -1.59. The van der Waals surface area contributed by atoms with E-state index in [1.807, 2.05) is 0 Å². The van der Waals surface area contributed by atoms with E-state index < -0.39 is 8.32 Å². The van der Waals surface area contributed by atoms with Crippen molar-refractivity contribution in [3.63, 3.8) is 0 Å². The zero-order chi connectivity index (χ0) is 15.4. The smallest absolute Gasteiger partial charge is 0.191 e. The molecular formula is C17H32O2Si. The zero-order valence-electron chi connectivity index (χ0n) is 14.2. The first-order valence-electron chi connectivity index (χ1n) is 7.98. The monoisotopic (exact) mass is 296 g/mol. The van der Waals surface area contributed by atoms with Crippen LogP contribution in [0.3, 0.4) is 0 Å². The van der Waals surface area contributed by atoms with Gasteiger partial charge in [0.05, 0.1) is 0 Å². The quantitative estimate of drug-likeness (QED) is 0.393. The minimum absolute atomic E-state index is 0.177. The van der Waals surface area contributed by atoms with E-state index in [0.29, 0.717) is 11.7 Å². The molecule has 0 aromatic rings. The molecule has 0 aromatic heterocycles. The van der Waals surface area contributed by atoms with Crippen molar-refractivity contribution in [2.24, 2.45) is 11.8 Å². The number of hydrogen-bond acceptors (Lipinski definition) is 2. The molecule has 0 radical (unpaired) electrons. The number of carbonyl (C=O) groups excluding carboxylic acids is 1. The number of unbranched alkanes of at least 4 members (excludes halogenated alkanes) is 1. The largest absolute Gasteiger partial charge is 0.417 e. The second-order valence-electron chi connectivity index (χ2n) is 7.69. The molecule has 116 valence electrons. The van der Waals surface area contributed by atoms with Gasteiger partial charge in [-0.15, -0.1) is 0 Å². The van der Waals surface area contributed by atoms with Gasteiger partial charge in [-0.25, -0.2) is 0 Å². The lowest BCUT2D eigenvalue weighted by atomic mass is 9.97. The Hall–Kier alpha value is -0.413. The molecule has 0 amide bonds. The maximum atomic E-state index is 11.7. The maximum Gasteiger partial charge on any atom is 0.191 e. The molecule has 0 aliphatic heterocycles. The molecule has 2 unspecified atom stereocenters. The normalized spacial score (nSPS) is 24.8. The average Bonchev–Trinajstić information content (AvgIpc) is 2.63. The first-order valence-corrected chi connectivity index (χ1v) is 10.9. The number of Topliss-reactive ketones (excluding diaryl/α,β-unsaturated/α-hetero) is 1. The minimum atomic E-state index is -1.59. The molecule has 0 aromatic carbocycles. The third-order valence-corrected chi connectivity index (χ3v) is 9.50. The summed E-state index contributed by atoms with van der Waals surface area (Å²) < 4.78 is 6.15. The molecule has 0 N–H and O–H groups in total. The summed E-state index contributed by atoms with van der Waals surface area (Å²) >= 11 is 0. The highest BCUT2D eigenvalue weighted by molar-refractivity contribution is 6.74. The van der Waals surface area contributed by atoms with E-state index in [1.54, 1.807) is 0 Å². The van der Waals surface area contributed by atoms with Crippen molar-refractivity contribution in [3.8, 4) is 0 Å². The van der Waals surface area contributed by atoms with Crippen LogP contribution < -0.4 is 0 Å². The van der Waals surface area contributed by atoms with E-state index in [-0.39, 0.29) is 11.0 Å². The van der Waals surface area contributed by atoms with E-state index in [4.69, 9.17) is 4.43 Å². The van der Waals surface area contributed by atoms with Crippen LogP contribution >= 0.6 is 0 Å². The van der Waals surface area contributed by atoms with Gasteiger partial charge in [-0.2, -0.15) is 0 Å². The Balaban J connectivity index is 2.24. The van der Waals surface area contributed by atoms with Crippen molar-refractivity contribution in [2.45, 2.75) is 71.5 Å². The lowest BCUT2D eigenvalue weighted by molar-refractivity contribution is -0.119. The molecule has 1 fully saturated rings. The van der Waals surface area contributed by atoms with Crippen LogP contribution in [0.15, 0.2) is 12.2 Å². The van der Waals surface area contributed by atoms with Crippen LogP contribution in [0.5, 0.6) is 0 Å². The average molecular weight is 297 g/mol. The number of allylic oxidation sites excluding steroid dienone is 2. The minimum Gasteiger partial charge on any atom is -0.417 e. The predicted octanol–water partition coefficient (Wildman–Crippen LogP) is 4.96. The van der Waals surface area contributed by atoms with Gasteiger partial charge in [-0.3, -0.25) is 4.79 Å². The molecule has 0 heterocycles. The van der Waals surface area contributed by atoms with Gasteiger partial charge in [0, 0.05) is 18.9 Å². The Bertz CT molecular complexity index is 352. The Kier molecular flexibility index (Phi) is 6.20. The van der Waals surface area contributed by atoms with Crippen molar-refractivity contribution < 1.29 is 9.22 Å². The Morgan fingerprint density at radius 3 is 2.50 bits per heavy atom. The Morgan fingerprint density at radius 1 is 1.35 bits per heavy atom. The Morgan fingerprint density at radius 2 is 2.00 bits per heavy atom. The summed E-state index contributed by atoms with van der Waals surface area (Å²) in [5, 5.41) is 0.286. The summed E-state index contributed by atoms with van der Waals surface area (Å²) in [4.78, 5) is 11.7. The fourth-order valence-electron chi connectivity index (χ4n) is 2.32. The summed E-state index contributed by atoms with van der Waals surface area (Å²) in [6.07, 6.45) is 8.21. The van der Waals surface area contributed by atoms with Crippen LogP contribution in [0.25, 0.3) is 0 Å². The topological polar surface area (TPSA) is 26.3 Å². The van der Waals surface area contributed by atoms with Crippen molar-refractivity contribution in [3.05, 3.63) is 12.2 Å². The first kappa shape index (κ1) is 17.6. The fraction of sp³-hybridized carbons (Fsp3) is 0.824. The van der Waals surface area contributed by atoms with E-state index >= 15 is 0 Å². The van der Waals surface area contributed by atoms with Gasteiger partial charge in [-0.1, -0.05) is 39.8 Å². The second-order valence-corrected chi connectivity index (χ2v) is 12.5. The molecule has 1 rings (SSSR count). The highest BCUT2D eigenvalue weighted by Gasteiger charge is 2.36. The van der Waals surface area contributed by atoms with Crippen LogP contribution in [0.2, 0.25) is 18.1 Å². The van der Waals surface area contributed by atoms with Crippen molar-refractivity contribution in [2.75, 3.05) is 6.61 Å². The number of ketones is 1. The Labute approximate surface area is 126 Å². The van der Waals surface area contributed by atoms with Crippen molar-refractivity contribution in [1.82, 2.24) is 0 Å². The van der Waals surface area contributed by atoms with Crippen molar-refractivity contribution in [1.29, 1.82) is 0 Å². The molecule has 2 nitrogen and oxygen atoms in total. The van der Waals surface area contributed by atoms with Gasteiger partial charge >= 0.3 is 0 Å². The summed E-state index contributed by atoms with van der Waals surface area (Å²) in [5.41, 5.74) is 0. The van der Waals surface area contributed by atoms with Crippen LogP contribution in [-0.2, 0) is 9.22 Å². The number of rotatable bonds is 6. The van der Waals surface area contributed by atoms with Gasteiger partial charge in [0.25, 0.3) is 0 Å². The third kappa shape index (κ3) is 4.85. The third-order valence-electron chi connectivity index (χ3n) is 4.96. The lowest BCUT2D eigenvalue weighted by Crippen LogP contribution is -2.40. The van der Waals surface area contributed by atoms with Gasteiger partial charge in [-0.05, 0) is 43.3 Å². The van der Waals surface area contributed by atoms with Crippen LogP contribution in [0.4, 0.5) is 0 Å². The van der Waals surface area contributed by atoms with E-state index in [0.717, 1.165) is 32.3 Å². The van der Waals surface area contributed by atoms with Gasteiger partial charge in [0.2, 0.25) is 0 Å². The van der Waals surface area contributed by atoms with Crippen molar-refractivity contribution >= 4 is 14.1 Å². The van der Waals surface area contributed by atoms with E-state index in [1.165, 1.54) is 0 Å². The van der Waals surface area contributed by atoms with E-state index in [2.05, 4.69) is 52.9 Å². The molecule has 1 saturated carbocycles. The molecule has 0 saturated heterocycles. The van der Waals surface area contributed by atoms with Gasteiger partial charge in [0.1, 0.15) is 5.78 Å². The van der Waals surface area contributed by atoms with Crippen LogP contribution in [-0.4, -0.2) is 20.7 Å². The molecule has 2 atom stereocenters. The summed E-state index contributed by atoms with van der Waals surface area (Å²) in [6.45, 7) is 14.4. The number of carbonyl (C=O) groups is 1. The second kappa shape index (κ2) is 7.03. The maximum absolute atomic E-state index is 11.7. The summed E-state index contributed by atoms with van der Waals surface area (Å²) in [6, 6.07) is 0. The van der Waals surface area contributed by atoms with Crippen LogP contribution in [0, 0.1) is 11.8 Å². The predicted molar refractivity (Wildman–Crippen MR) is 88.4 cm³/mol. The summed E-state index contributed by atoms with van der Waals surface area (Å²) in [5.74, 6) is 1.13. The lowest BCUT2D eigenvalue weighted by Gasteiger charge is -2.36. The molecule has 0 bridgehead atoms. The molecule has 0 spiro atoms. The zero-order valence-corrected chi connectivity index (χ0v) is 15.2. The molecule has 20 heavy (non-hydrogen) atoms. The van der Waals surface area contributed by atoms with E-state index in [9.17, 15) is 4.79 Å². The van der Waals surface area contributed by atoms with Gasteiger partial charge < -0.3 is 4.43 Å². The van der Waals surface area contributed by atoms with Crippen LogP contribution in [0.1, 0.15) is 53.4 Å². The highest BCUT2D eigenvalue weighted by atomic mass is 28.4. The molecular weight excluding hydrogens is 264 g/mol.